The summed E-state index contributed by atoms with van der Waals surface area (Å²) < 4.78 is 10.5. The first-order chi connectivity index (χ1) is 6.19. The predicted octanol–water partition coefficient (Wildman–Crippen LogP) is 1.98. The Hall–Kier alpha value is -1.38. The summed E-state index contributed by atoms with van der Waals surface area (Å²) in [6, 6.07) is 3.66. The van der Waals surface area contributed by atoms with Crippen molar-refractivity contribution in [2.24, 2.45) is 0 Å². The standard InChI is InChI=1S/C10H15NO2/c1-4-13-10-6-9(12-3)7(2)5-8(10)11/h5-6H,4,11H2,1-3H3. The number of rotatable bonds is 3. The predicted molar refractivity (Wildman–Crippen MR) is 53.3 cm³/mol. The van der Waals surface area contributed by atoms with E-state index in [0.717, 1.165) is 11.3 Å². The zero-order chi connectivity index (χ0) is 9.84. The largest absolute Gasteiger partial charge is 0.496 e. The first kappa shape index (κ1) is 9.71. The first-order valence-electron chi connectivity index (χ1n) is 4.26. The smallest absolute Gasteiger partial charge is 0.145 e. The zero-order valence-electron chi connectivity index (χ0n) is 8.26. The van der Waals surface area contributed by atoms with Crippen LogP contribution >= 0.6 is 0 Å². The van der Waals surface area contributed by atoms with Crippen LogP contribution in [0.3, 0.4) is 0 Å². The summed E-state index contributed by atoms with van der Waals surface area (Å²) in [4.78, 5) is 0. The van der Waals surface area contributed by atoms with Crippen LogP contribution in [0.2, 0.25) is 0 Å². The molecule has 0 aliphatic heterocycles. The fourth-order valence-corrected chi connectivity index (χ4v) is 1.19. The van der Waals surface area contributed by atoms with Crippen molar-refractivity contribution >= 4 is 5.69 Å². The third kappa shape index (κ3) is 2.05. The van der Waals surface area contributed by atoms with Gasteiger partial charge in [-0.3, -0.25) is 0 Å². The van der Waals surface area contributed by atoms with E-state index in [1.54, 1.807) is 7.11 Å². The molecule has 0 aromatic heterocycles. The van der Waals surface area contributed by atoms with Gasteiger partial charge in [-0.05, 0) is 25.5 Å². The van der Waals surface area contributed by atoms with E-state index < -0.39 is 0 Å². The number of nitrogen functional groups attached to an aromatic ring is 1. The summed E-state index contributed by atoms with van der Waals surface area (Å²) in [5, 5.41) is 0. The van der Waals surface area contributed by atoms with Crippen molar-refractivity contribution < 1.29 is 9.47 Å². The van der Waals surface area contributed by atoms with Crippen LogP contribution in [-0.2, 0) is 0 Å². The van der Waals surface area contributed by atoms with Gasteiger partial charge in [0.05, 0.1) is 19.4 Å². The van der Waals surface area contributed by atoms with E-state index in [-0.39, 0.29) is 0 Å². The summed E-state index contributed by atoms with van der Waals surface area (Å²) in [6.45, 7) is 4.48. The summed E-state index contributed by atoms with van der Waals surface area (Å²) in [6.07, 6.45) is 0. The van der Waals surface area contributed by atoms with Gasteiger partial charge in [0.2, 0.25) is 0 Å². The molecule has 0 saturated heterocycles. The van der Waals surface area contributed by atoms with E-state index in [1.165, 1.54) is 0 Å². The second-order valence-electron chi connectivity index (χ2n) is 2.79. The quantitative estimate of drug-likeness (QED) is 0.725. The SMILES string of the molecule is CCOc1cc(OC)c(C)cc1N. The molecular weight excluding hydrogens is 166 g/mol. The van der Waals surface area contributed by atoms with Gasteiger partial charge >= 0.3 is 0 Å². The Morgan fingerprint density at radius 2 is 2.00 bits per heavy atom. The Morgan fingerprint density at radius 3 is 2.54 bits per heavy atom. The molecule has 3 nitrogen and oxygen atoms in total. The van der Waals surface area contributed by atoms with Crippen molar-refractivity contribution in [3.05, 3.63) is 17.7 Å². The van der Waals surface area contributed by atoms with E-state index in [1.807, 2.05) is 26.0 Å². The molecule has 72 valence electrons. The molecule has 0 radical (unpaired) electrons. The van der Waals surface area contributed by atoms with E-state index in [9.17, 15) is 0 Å². The highest BCUT2D eigenvalue weighted by Gasteiger charge is 2.05. The van der Waals surface area contributed by atoms with Gasteiger partial charge in [-0.25, -0.2) is 0 Å². The van der Waals surface area contributed by atoms with Crippen molar-refractivity contribution in [1.82, 2.24) is 0 Å². The fraction of sp³-hybridized carbons (Fsp3) is 0.400. The molecule has 1 aromatic carbocycles. The molecule has 0 saturated carbocycles. The van der Waals surface area contributed by atoms with Crippen LogP contribution in [0.1, 0.15) is 12.5 Å². The van der Waals surface area contributed by atoms with Gasteiger partial charge in [-0.2, -0.15) is 0 Å². The molecule has 0 spiro atoms. The molecule has 0 bridgehead atoms. The normalized spacial score (nSPS) is 9.77. The van der Waals surface area contributed by atoms with Gasteiger partial charge in [0.1, 0.15) is 11.5 Å². The molecule has 0 aliphatic carbocycles. The average molecular weight is 181 g/mol. The second-order valence-corrected chi connectivity index (χ2v) is 2.79. The molecule has 0 aliphatic rings. The number of ether oxygens (including phenoxy) is 2. The molecule has 3 heteroatoms. The molecule has 0 unspecified atom stereocenters. The third-order valence-corrected chi connectivity index (χ3v) is 1.83. The Morgan fingerprint density at radius 1 is 1.31 bits per heavy atom. The van der Waals surface area contributed by atoms with Crippen LogP contribution < -0.4 is 15.2 Å². The number of anilines is 1. The summed E-state index contributed by atoms with van der Waals surface area (Å²) in [5.41, 5.74) is 7.42. The lowest BCUT2D eigenvalue weighted by molar-refractivity contribution is 0.337. The van der Waals surface area contributed by atoms with Crippen LogP contribution in [0, 0.1) is 6.92 Å². The molecular formula is C10H15NO2. The van der Waals surface area contributed by atoms with E-state index >= 15 is 0 Å². The van der Waals surface area contributed by atoms with Gasteiger partial charge in [-0.1, -0.05) is 0 Å². The Kier molecular flexibility index (Phi) is 3.01. The highest BCUT2D eigenvalue weighted by atomic mass is 16.5. The van der Waals surface area contributed by atoms with Gasteiger partial charge < -0.3 is 15.2 Å². The highest BCUT2D eigenvalue weighted by molar-refractivity contribution is 5.58. The monoisotopic (exact) mass is 181 g/mol. The van der Waals surface area contributed by atoms with Crippen molar-refractivity contribution in [1.29, 1.82) is 0 Å². The van der Waals surface area contributed by atoms with Crippen molar-refractivity contribution in [3.63, 3.8) is 0 Å². The maximum atomic E-state index is 5.75. The fourth-order valence-electron chi connectivity index (χ4n) is 1.19. The molecule has 0 heterocycles. The molecule has 1 aromatic rings. The molecule has 2 N–H and O–H groups in total. The summed E-state index contributed by atoms with van der Waals surface area (Å²) >= 11 is 0. The lowest BCUT2D eigenvalue weighted by Crippen LogP contribution is -1.98. The maximum Gasteiger partial charge on any atom is 0.145 e. The van der Waals surface area contributed by atoms with Gasteiger partial charge in [-0.15, -0.1) is 0 Å². The number of aryl methyl sites for hydroxylation is 1. The van der Waals surface area contributed by atoms with Gasteiger partial charge in [0.25, 0.3) is 0 Å². The van der Waals surface area contributed by atoms with E-state index in [2.05, 4.69) is 0 Å². The van der Waals surface area contributed by atoms with Crippen molar-refractivity contribution in [2.45, 2.75) is 13.8 Å². The summed E-state index contributed by atoms with van der Waals surface area (Å²) in [5.74, 6) is 1.49. The first-order valence-corrected chi connectivity index (χ1v) is 4.26. The zero-order valence-corrected chi connectivity index (χ0v) is 8.26. The van der Waals surface area contributed by atoms with Gasteiger partial charge in [0.15, 0.2) is 0 Å². The minimum absolute atomic E-state index is 0.608. The lowest BCUT2D eigenvalue weighted by atomic mass is 10.2. The number of hydrogen-bond donors (Lipinski definition) is 1. The van der Waals surface area contributed by atoms with E-state index in [4.69, 9.17) is 15.2 Å². The number of hydrogen-bond acceptors (Lipinski definition) is 3. The molecule has 0 amide bonds. The number of nitrogens with two attached hydrogens (primary N) is 1. The van der Waals surface area contributed by atoms with Crippen LogP contribution in [0.25, 0.3) is 0 Å². The minimum Gasteiger partial charge on any atom is -0.496 e. The second kappa shape index (κ2) is 4.03. The Labute approximate surface area is 78.5 Å². The van der Waals surface area contributed by atoms with Crippen LogP contribution in [0.15, 0.2) is 12.1 Å². The highest BCUT2D eigenvalue weighted by Crippen LogP contribution is 2.30. The minimum atomic E-state index is 0.608. The van der Waals surface area contributed by atoms with Crippen molar-refractivity contribution in [3.8, 4) is 11.5 Å². The molecule has 1 rings (SSSR count). The average Bonchev–Trinajstić information content (AvgIpc) is 2.10. The third-order valence-electron chi connectivity index (χ3n) is 1.83. The van der Waals surface area contributed by atoms with Crippen molar-refractivity contribution in [2.75, 3.05) is 19.5 Å². The Bertz CT molecular complexity index is 297. The molecule has 13 heavy (non-hydrogen) atoms. The Balaban J connectivity index is 3.06. The van der Waals surface area contributed by atoms with E-state index in [0.29, 0.717) is 18.0 Å². The van der Waals surface area contributed by atoms with Crippen LogP contribution in [-0.4, -0.2) is 13.7 Å². The lowest BCUT2D eigenvalue weighted by Gasteiger charge is -2.10. The maximum absolute atomic E-state index is 5.75. The number of methoxy groups -OCH3 is 1. The summed E-state index contributed by atoms with van der Waals surface area (Å²) in [7, 11) is 1.63. The topological polar surface area (TPSA) is 44.5 Å². The van der Waals surface area contributed by atoms with Crippen LogP contribution in [0.4, 0.5) is 5.69 Å². The van der Waals surface area contributed by atoms with Crippen LogP contribution in [0.5, 0.6) is 11.5 Å². The number of benzene rings is 1. The molecule has 0 fully saturated rings. The van der Waals surface area contributed by atoms with Gasteiger partial charge in [0, 0.05) is 6.07 Å². The molecule has 0 atom stereocenters.